The Kier molecular flexibility index (Phi) is 4.99. The van der Waals surface area contributed by atoms with Gasteiger partial charge >= 0.3 is 0 Å². The predicted octanol–water partition coefficient (Wildman–Crippen LogP) is 4.82. The van der Waals surface area contributed by atoms with Crippen LogP contribution in [0.4, 0.5) is 4.39 Å². The molecule has 6 heteroatoms. The van der Waals surface area contributed by atoms with Crippen molar-refractivity contribution < 1.29 is 13.6 Å². The maximum atomic E-state index is 13.1. The Labute approximate surface area is 167 Å². The second-order valence-corrected chi connectivity index (χ2v) is 6.90. The minimum absolute atomic E-state index is 0.277. The summed E-state index contributed by atoms with van der Waals surface area (Å²) in [6, 6.07) is 17.3. The first-order chi connectivity index (χ1) is 14.0. The van der Waals surface area contributed by atoms with E-state index in [4.69, 9.17) is 4.42 Å². The van der Waals surface area contributed by atoms with Crippen molar-refractivity contribution in [3.05, 3.63) is 95.1 Å². The van der Waals surface area contributed by atoms with Crippen molar-refractivity contribution in [1.82, 2.24) is 15.1 Å². The Morgan fingerprint density at radius 3 is 2.62 bits per heavy atom. The SMILES string of the molecule is Cc1ccc(C)c(-n2nc(-c3ccco3)cc2C(=O)NCc2ccc(F)cc2)c1. The Morgan fingerprint density at radius 1 is 1.10 bits per heavy atom. The van der Waals surface area contributed by atoms with E-state index in [9.17, 15) is 9.18 Å². The molecule has 0 aliphatic rings. The fourth-order valence-electron chi connectivity index (χ4n) is 3.09. The van der Waals surface area contributed by atoms with Gasteiger partial charge in [0.25, 0.3) is 5.91 Å². The molecule has 1 N–H and O–H groups in total. The molecule has 2 aromatic carbocycles. The zero-order valence-corrected chi connectivity index (χ0v) is 16.1. The van der Waals surface area contributed by atoms with Crippen LogP contribution in [0.5, 0.6) is 0 Å². The summed E-state index contributed by atoms with van der Waals surface area (Å²) in [5.74, 6) is -0.00153. The highest BCUT2D eigenvalue weighted by atomic mass is 19.1. The van der Waals surface area contributed by atoms with Crippen LogP contribution in [0.2, 0.25) is 0 Å². The number of nitrogens with zero attached hydrogens (tertiary/aromatic N) is 2. The van der Waals surface area contributed by atoms with E-state index >= 15 is 0 Å². The lowest BCUT2D eigenvalue weighted by atomic mass is 10.1. The van der Waals surface area contributed by atoms with Crippen molar-refractivity contribution in [2.45, 2.75) is 20.4 Å². The van der Waals surface area contributed by atoms with Gasteiger partial charge in [-0.15, -0.1) is 0 Å². The predicted molar refractivity (Wildman–Crippen MR) is 108 cm³/mol. The molecule has 4 aromatic rings. The molecule has 0 saturated carbocycles. The number of benzene rings is 2. The lowest BCUT2D eigenvalue weighted by molar-refractivity contribution is 0.0943. The standard InChI is InChI=1S/C23H20FN3O2/c1-15-5-6-16(2)20(12-15)27-21(13-19(26-27)22-4-3-11-29-22)23(28)25-14-17-7-9-18(24)10-8-17/h3-13H,14H2,1-2H3,(H,25,28). The highest BCUT2D eigenvalue weighted by Gasteiger charge is 2.19. The van der Waals surface area contributed by atoms with Crippen LogP contribution in [0, 0.1) is 19.7 Å². The number of aryl methyl sites for hydroxylation is 2. The number of hydrogen-bond donors (Lipinski definition) is 1. The lowest BCUT2D eigenvalue weighted by Gasteiger charge is -2.11. The van der Waals surface area contributed by atoms with E-state index in [0.717, 1.165) is 22.4 Å². The third-order valence-electron chi connectivity index (χ3n) is 4.67. The van der Waals surface area contributed by atoms with E-state index in [1.807, 2.05) is 32.0 Å². The molecule has 0 bridgehead atoms. The fourth-order valence-corrected chi connectivity index (χ4v) is 3.09. The summed E-state index contributed by atoms with van der Waals surface area (Å²) in [5.41, 5.74) is 4.67. The summed E-state index contributed by atoms with van der Waals surface area (Å²) < 4.78 is 20.2. The monoisotopic (exact) mass is 389 g/mol. The number of carbonyl (C=O) groups is 1. The summed E-state index contributed by atoms with van der Waals surface area (Å²) in [4.78, 5) is 13.0. The van der Waals surface area contributed by atoms with Crippen LogP contribution < -0.4 is 5.32 Å². The van der Waals surface area contributed by atoms with Gasteiger partial charge in [-0.05, 0) is 60.9 Å². The van der Waals surface area contributed by atoms with Gasteiger partial charge in [0.05, 0.1) is 12.0 Å². The van der Waals surface area contributed by atoms with E-state index in [1.165, 1.54) is 12.1 Å². The van der Waals surface area contributed by atoms with Crippen molar-refractivity contribution in [3.63, 3.8) is 0 Å². The molecule has 29 heavy (non-hydrogen) atoms. The maximum absolute atomic E-state index is 13.1. The van der Waals surface area contributed by atoms with Gasteiger partial charge in [-0.25, -0.2) is 9.07 Å². The Morgan fingerprint density at radius 2 is 1.90 bits per heavy atom. The zero-order valence-electron chi connectivity index (χ0n) is 16.1. The molecule has 0 aliphatic heterocycles. The van der Waals surface area contributed by atoms with E-state index < -0.39 is 0 Å². The van der Waals surface area contributed by atoms with Crippen LogP contribution in [0.25, 0.3) is 17.1 Å². The van der Waals surface area contributed by atoms with Gasteiger partial charge in [-0.3, -0.25) is 4.79 Å². The number of halogens is 1. The van der Waals surface area contributed by atoms with Crippen molar-refractivity contribution in [2.75, 3.05) is 0 Å². The van der Waals surface area contributed by atoms with Crippen molar-refractivity contribution in [2.24, 2.45) is 0 Å². The quantitative estimate of drug-likeness (QED) is 0.532. The van der Waals surface area contributed by atoms with Crippen LogP contribution in [-0.2, 0) is 6.54 Å². The molecule has 0 saturated heterocycles. The first-order valence-electron chi connectivity index (χ1n) is 9.25. The van der Waals surface area contributed by atoms with Crippen LogP contribution in [0.3, 0.4) is 0 Å². The third-order valence-corrected chi connectivity index (χ3v) is 4.67. The average molecular weight is 389 g/mol. The highest BCUT2D eigenvalue weighted by Crippen LogP contribution is 2.24. The normalized spacial score (nSPS) is 10.9. The molecule has 2 heterocycles. The molecule has 4 rings (SSSR count). The number of carbonyl (C=O) groups excluding carboxylic acids is 1. The van der Waals surface area contributed by atoms with Crippen LogP contribution in [0.1, 0.15) is 27.2 Å². The number of rotatable bonds is 5. The molecule has 0 unspecified atom stereocenters. The number of aromatic nitrogens is 2. The number of nitrogens with one attached hydrogen (secondary N) is 1. The van der Waals surface area contributed by atoms with E-state index in [-0.39, 0.29) is 18.3 Å². The summed E-state index contributed by atoms with van der Waals surface area (Å²) in [7, 11) is 0. The largest absolute Gasteiger partial charge is 0.463 e. The van der Waals surface area contributed by atoms with Gasteiger partial charge in [-0.2, -0.15) is 5.10 Å². The molecule has 2 aromatic heterocycles. The molecule has 0 atom stereocenters. The van der Waals surface area contributed by atoms with Gasteiger partial charge in [0, 0.05) is 12.6 Å². The van der Waals surface area contributed by atoms with Crippen LogP contribution in [-0.4, -0.2) is 15.7 Å². The smallest absolute Gasteiger partial charge is 0.270 e. The topological polar surface area (TPSA) is 60.1 Å². The molecule has 0 fully saturated rings. The van der Waals surface area contributed by atoms with Gasteiger partial charge in [0.1, 0.15) is 17.2 Å². The van der Waals surface area contributed by atoms with Gasteiger partial charge in [0.15, 0.2) is 5.76 Å². The second kappa shape index (κ2) is 7.75. The number of amides is 1. The first-order valence-corrected chi connectivity index (χ1v) is 9.25. The van der Waals surface area contributed by atoms with E-state index in [1.54, 1.807) is 41.3 Å². The highest BCUT2D eigenvalue weighted by molar-refractivity contribution is 5.94. The summed E-state index contributed by atoms with van der Waals surface area (Å²) in [6.45, 7) is 4.25. The van der Waals surface area contributed by atoms with E-state index in [2.05, 4.69) is 10.4 Å². The lowest BCUT2D eigenvalue weighted by Crippen LogP contribution is -2.25. The van der Waals surface area contributed by atoms with Crippen molar-refractivity contribution in [3.8, 4) is 17.1 Å². The summed E-state index contributed by atoms with van der Waals surface area (Å²) in [5, 5.41) is 7.51. The van der Waals surface area contributed by atoms with Crippen molar-refractivity contribution in [1.29, 1.82) is 0 Å². The minimum Gasteiger partial charge on any atom is -0.463 e. The number of furan rings is 1. The van der Waals surface area contributed by atoms with E-state index in [0.29, 0.717) is 17.1 Å². The maximum Gasteiger partial charge on any atom is 0.270 e. The molecule has 1 amide bonds. The average Bonchev–Trinajstić information content (AvgIpc) is 3.39. The van der Waals surface area contributed by atoms with Gasteiger partial charge < -0.3 is 9.73 Å². The number of hydrogen-bond acceptors (Lipinski definition) is 3. The Balaban J connectivity index is 1.69. The van der Waals surface area contributed by atoms with Gasteiger partial charge in [-0.1, -0.05) is 24.3 Å². The molecule has 0 spiro atoms. The van der Waals surface area contributed by atoms with Gasteiger partial charge in [0.2, 0.25) is 0 Å². The fraction of sp³-hybridized carbons (Fsp3) is 0.130. The first kappa shape index (κ1) is 18.7. The summed E-state index contributed by atoms with van der Waals surface area (Å²) >= 11 is 0. The Hall–Kier alpha value is -3.67. The molecule has 146 valence electrons. The summed E-state index contributed by atoms with van der Waals surface area (Å²) in [6.07, 6.45) is 1.57. The van der Waals surface area contributed by atoms with Crippen molar-refractivity contribution >= 4 is 5.91 Å². The molecular weight excluding hydrogens is 369 g/mol. The Bertz CT molecular complexity index is 1150. The zero-order chi connectivity index (χ0) is 20.4. The minimum atomic E-state index is -0.309. The molecular formula is C23H20FN3O2. The molecule has 0 radical (unpaired) electrons. The van der Waals surface area contributed by atoms with Crippen LogP contribution >= 0.6 is 0 Å². The third kappa shape index (κ3) is 3.96. The molecule has 0 aliphatic carbocycles. The molecule has 5 nitrogen and oxygen atoms in total. The van der Waals surface area contributed by atoms with Crippen LogP contribution in [0.15, 0.2) is 71.3 Å². The second-order valence-electron chi connectivity index (χ2n) is 6.90.